The molecule has 9 heteroatoms. The normalized spacial score (nSPS) is 10.7. The van der Waals surface area contributed by atoms with Crippen molar-refractivity contribution in [3.8, 4) is 12.0 Å². The smallest absolute Gasteiger partial charge is 0.323 e. The van der Waals surface area contributed by atoms with Crippen LogP contribution >= 0.6 is 11.3 Å². The minimum absolute atomic E-state index is 0.0967. The number of nitrogens with two attached hydrogens (primary N) is 1. The number of anilines is 1. The van der Waals surface area contributed by atoms with E-state index in [-0.39, 0.29) is 12.0 Å². The first-order valence-corrected chi connectivity index (χ1v) is 7.13. The van der Waals surface area contributed by atoms with E-state index >= 15 is 0 Å². The highest BCUT2D eigenvalue weighted by molar-refractivity contribution is 7.09. The predicted octanol–water partition coefficient (Wildman–Crippen LogP) is 1.03. The lowest BCUT2D eigenvalue weighted by Gasteiger charge is -2.06. The number of nitrogens with zero attached hydrogens (tertiary/aromatic N) is 6. The maximum Gasteiger partial charge on any atom is 0.323 e. The van der Waals surface area contributed by atoms with Gasteiger partial charge in [0.1, 0.15) is 0 Å². The molecule has 0 aromatic carbocycles. The van der Waals surface area contributed by atoms with E-state index in [1.54, 1.807) is 29.8 Å². The Morgan fingerprint density at radius 3 is 2.95 bits per heavy atom. The summed E-state index contributed by atoms with van der Waals surface area (Å²) in [6.07, 6.45) is 4.10. The molecule has 0 radical (unpaired) electrons. The molecule has 3 heterocycles. The molecule has 3 aromatic rings. The Labute approximate surface area is 124 Å². The number of hydrogen-bond donors (Lipinski definition) is 1. The molecular weight excluding hydrogens is 290 g/mol. The van der Waals surface area contributed by atoms with Gasteiger partial charge < -0.3 is 10.5 Å². The van der Waals surface area contributed by atoms with Crippen molar-refractivity contribution in [3.63, 3.8) is 0 Å². The standard InChI is InChI=1S/C12H13N7OS/c1-8-9(21-7-14-8)3-6-20-12-17-10(13)16-11(18-12)19-5-2-4-15-19/h2,4-5,7H,3,6H2,1H3,(H2,13,16,17,18). The zero-order valence-electron chi connectivity index (χ0n) is 11.3. The van der Waals surface area contributed by atoms with Crippen LogP contribution in [0.1, 0.15) is 10.6 Å². The Hall–Kier alpha value is -2.55. The van der Waals surface area contributed by atoms with Crippen molar-refractivity contribution in [2.75, 3.05) is 12.3 Å². The largest absolute Gasteiger partial charge is 0.463 e. The summed E-state index contributed by atoms with van der Waals surface area (Å²) in [4.78, 5) is 17.5. The van der Waals surface area contributed by atoms with E-state index in [4.69, 9.17) is 10.5 Å². The molecular formula is C12H13N7OS. The Balaban J connectivity index is 1.69. The van der Waals surface area contributed by atoms with Crippen LogP contribution in [0.4, 0.5) is 5.95 Å². The maximum atomic E-state index is 5.66. The van der Waals surface area contributed by atoms with Gasteiger partial charge in [-0.05, 0) is 13.0 Å². The maximum absolute atomic E-state index is 5.66. The number of ether oxygens (including phenoxy) is 1. The molecule has 0 aliphatic heterocycles. The van der Waals surface area contributed by atoms with Gasteiger partial charge in [-0.2, -0.15) is 20.1 Å². The Morgan fingerprint density at radius 1 is 1.33 bits per heavy atom. The van der Waals surface area contributed by atoms with Crippen LogP contribution in [0.15, 0.2) is 24.0 Å². The molecule has 0 aliphatic rings. The third kappa shape index (κ3) is 3.14. The van der Waals surface area contributed by atoms with Crippen LogP contribution in [0.25, 0.3) is 5.95 Å². The van der Waals surface area contributed by atoms with Crippen molar-refractivity contribution in [3.05, 3.63) is 34.5 Å². The van der Waals surface area contributed by atoms with E-state index in [9.17, 15) is 0 Å². The number of thiazole rings is 1. The van der Waals surface area contributed by atoms with Crippen LogP contribution in [0.3, 0.4) is 0 Å². The van der Waals surface area contributed by atoms with E-state index in [1.165, 1.54) is 9.56 Å². The Bertz CT molecular complexity index is 725. The molecule has 2 N–H and O–H groups in total. The van der Waals surface area contributed by atoms with Gasteiger partial charge in [-0.1, -0.05) is 0 Å². The highest BCUT2D eigenvalue weighted by atomic mass is 32.1. The highest BCUT2D eigenvalue weighted by Crippen LogP contribution is 2.14. The van der Waals surface area contributed by atoms with E-state index in [0.29, 0.717) is 12.6 Å². The van der Waals surface area contributed by atoms with Gasteiger partial charge in [-0.25, -0.2) is 9.67 Å². The third-order valence-electron chi connectivity index (χ3n) is 2.73. The van der Waals surface area contributed by atoms with E-state index in [1.807, 2.05) is 12.4 Å². The molecule has 0 atom stereocenters. The van der Waals surface area contributed by atoms with Crippen LogP contribution in [0.2, 0.25) is 0 Å². The van der Waals surface area contributed by atoms with Crippen molar-refractivity contribution in [1.82, 2.24) is 29.7 Å². The van der Waals surface area contributed by atoms with Crippen molar-refractivity contribution in [2.24, 2.45) is 0 Å². The minimum atomic E-state index is 0.0967. The fourth-order valence-corrected chi connectivity index (χ4v) is 2.48. The summed E-state index contributed by atoms with van der Waals surface area (Å²) in [7, 11) is 0. The van der Waals surface area contributed by atoms with Crippen LogP contribution in [0.5, 0.6) is 6.01 Å². The molecule has 0 unspecified atom stereocenters. The summed E-state index contributed by atoms with van der Waals surface area (Å²) in [5.74, 6) is 0.427. The number of aromatic nitrogens is 6. The lowest BCUT2D eigenvalue weighted by molar-refractivity contribution is 0.296. The average molecular weight is 303 g/mol. The zero-order valence-corrected chi connectivity index (χ0v) is 12.1. The van der Waals surface area contributed by atoms with Crippen molar-refractivity contribution in [2.45, 2.75) is 13.3 Å². The van der Waals surface area contributed by atoms with E-state index in [2.05, 4.69) is 25.0 Å². The molecule has 108 valence electrons. The number of nitrogen functional groups attached to an aromatic ring is 1. The molecule has 0 saturated heterocycles. The van der Waals surface area contributed by atoms with E-state index < -0.39 is 0 Å². The summed E-state index contributed by atoms with van der Waals surface area (Å²) in [5.41, 5.74) is 8.51. The lowest BCUT2D eigenvalue weighted by atomic mass is 10.3. The third-order valence-corrected chi connectivity index (χ3v) is 3.73. The van der Waals surface area contributed by atoms with Crippen LogP contribution in [-0.2, 0) is 6.42 Å². The zero-order chi connectivity index (χ0) is 14.7. The molecule has 0 amide bonds. The van der Waals surface area contributed by atoms with Crippen molar-refractivity contribution >= 4 is 17.3 Å². The number of hydrogen-bond acceptors (Lipinski definition) is 8. The van der Waals surface area contributed by atoms with Crippen LogP contribution in [-0.4, -0.2) is 36.3 Å². The lowest BCUT2D eigenvalue weighted by Crippen LogP contribution is -2.10. The molecule has 0 fully saturated rings. The fraction of sp³-hybridized carbons (Fsp3) is 0.250. The molecule has 0 bridgehead atoms. The SMILES string of the molecule is Cc1ncsc1CCOc1nc(N)nc(-n2cccn2)n1. The summed E-state index contributed by atoms with van der Waals surface area (Å²) in [6.45, 7) is 2.42. The molecule has 0 aliphatic carbocycles. The monoisotopic (exact) mass is 303 g/mol. The fourth-order valence-electron chi connectivity index (χ4n) is 1.72. The number of aryl methyl sites for hydroxylation is 1. The first kappa shape index (κ1) is 13.4. The summed E-state index contributed by atoms with van der Waals surface area (Å²) in [6, 6.07) is 1.96. The molecule has 3 aromatic heterocycles. The van der Waals surface area contributed by atoms with Gasteiger partial charge in [-0.15, -0.1) is 11.3 Å². The van der Waals surface area contributed by atoms with Gasteiger partial charge in [0, 0.05) is 23.7 Å². The molecule has 0 spiro atoms. The highest BCUT2D eigenvalue weighted by Gasteiger charge is 2.08. The van der Waals surface area contributed by atoms with Gasteiger partial charge in [-0.3, -0.25) is 0 Å². The molecule has 21 heavy (non-hydrogen) atoms. The van der Waals surface area contributed by atoms with Gasteiger partial charge in [0.2, 0.25) is 5.95 Å². The average Bonchev–Trinajstić information content (AvgIpc) is 3.10. The van der Waals surface area contributed by atoms with Gasteiger partial charge >= 0.3 is 6.01 Å². The summed E-state index contributed by atoms with van der Waals surface area (Å²) >= 11 is 1.61. The number of rotatable bonds is 5. The van der Waals surface area contributed by atoms with Crippen LogP contribution < -0.4 is 10.5 Å². The van der Waals surface area contributed by atoms with Crippen LogP contribution in [0, 0.1) is 6.92 Å². The predicted molar refractivity (Wildman–Crippen MR) is 77.4 cm³/mol. The summed E-state index contributed by atoms with van der Waals surface area (Å²) in [5, 5.41) is 4.05. The topological polar surface area (TPSA) is 105 Å². The van der Waals surface area contributed by atoms with Gasteiger partial charge in [0.15, 0.2) is 0 Å². The molecule has 0 saturated carbocycles. The Kier molecular flexibility index (Phi) is 3.73. The molecule has 8 nitrogen and oxygen atoms in total. The second kappa shape index (κ2) is 5.83. The quantitative estimate of drug-likeness (QED) is 0.750. The summed E-state index contributed by atoms with van der Waals surface area (Å²) < 4.78 is 7.05. The van der Waals surface area contributed by atoms with Gasteiger partial charge in [0.25, 0.3) is 5.95 Å². The van der Waals surface area contributed by atoms with E-state index in [0.717, 1.165) is 12.1 Å². The minimum Gasteiger partial charge on any atom is -0.463 e. The second-order valence-electron chi connectivity index (χ2n) is 4.19. The first-order valence-electron chi connectivity index (χ1n) is 6.25. The van der Waals surface area contributed by atoms with Crippen molar-refractivity contribution in [1.29, 1.82) is 0 Å². The first-order chi connectivity index (χ1) is 10.2. The van der Waals surface area contributed by atoms with Gasteiger partial charge in [0.05, 0.1) is 17.8 Å². The van der Waals surface area contributed by atoms with Crippen molar-refractivity contribution < 1.29 is 4.74 Å². The molecule has 3 rings (SSSR count). The second-order valence-corrected chi connectivity index (χ2v) is 5.13. The Morgan fingerprint density at radius 2 is 2.24 bits per heavy atom.